The summed E-state index contributed by atoms with van der Waals surface area (Å²) in [6.45, 7) is 6.63. The molecule has 0 aromatic heterocycles. The lowest BCUT2D eigenvalue weighted by molar-refractivity contribution is -0.0344. The number of hydrogen-bond donors (Lipinski definition) is 2. The van der Waals surface area contributed by atoms with E-state index in [-0.39, 0.29) is 18.1 Å². The molecule has 0 heterocycles. The molecule has 2 nitrogen and oxygen atoms in total. The Labute approximate surface area is 74.6 Å². The summed E-state index contributed by atoms with van der Waals surface area (Å²) < 4.78 is 0. The molecule has 2 heteroatoms. The van der Waals surface area contributed by atoms with Gasteiger partial charge in [-0.1, -0.05) is 20.8 Å². The highest BCUT2D eigenvalue weighted by molar-refractivity contribution is 4.89. The second-order valence-corrected chi connectivity index (χ2v) is 4.85. The van der Waals surface area contributed by atoms with E-state index in [4.69, 9.17) is 0 Å². The lowest BCUT2D eigenvalue weighted by Gasteiger charge is -2.44. The van der Waals surface area contributed by atoms with Crippen LogP contribution in [-0.2, 0) is 0 Å². The Kier molecular flexibility index (Phi) is 2.79. The van der Waals surface area contributed by atoms with Crippen LogP contribution in [0.2, 0.25) is 0 Å². The van der Waals surface area contributed by atoms with Crippen molar-refractivity contribution in [1.82, 2.24) is 0 Å². The van der Waals surface area contributed by atoms with Gasteiger partial charge in [-0.2, -0.15) is 0 Å². The molecule has 0 saturated heterocycles. The van der Waals surface area contributed by atoms with E-state index in [1.54, 1.807) is 0 Å². The Morgan fingerprint density at radius 2 is 2.00 bits per heavy atom. The van der Waals surface area contributed by atoms with Gasteiger partial charge in [-0.05, 0) is 30.1 Å². The Hall–Kier alpha value is -0.0800. The van der Waals surface area contributed by atoms with Crippen LogP contribution in [0.4, 0.5) is 0 Å². The average Bonchev–Trinajstić information content (AvgIpc) is 1.82. The van der Waals surface area contributed by atoms with E-state index in [9.17, 15) is 10.2 Å². The molecule has 0 radical (unpaired) electrons. The fourth-order valence-electron chi connectivity index (χ4n) is 2.63. The van der Waals surface area contributed by atoms with Crippen LogP contribution in [0, 0.1) is 17.3 Å². The van der Waals surface area contributed by atoms with E-state index in [0.29, 0.717) is 11.8 Å². The Bertz CT molecular complexity index is 154. The Morgan fingerprint density at radius 3 is 2.42 bits per heavy atom. The van der Waals surface area contributed by atoms with Crippen molar-refractivity contribution in [2.45, 2.75) is 39.7 Å². The molecule has 0 unspecified atom stereocenters. The number of aliphatic hydroxyl groups is 2. The van der Waals surface area contributed by atoms with Crippen molar-refractivity contribution < 1.29 is 10.2 Å². The van der Waals surface area contributed by atoms with Gasteiger partial charge >= 0.3 is 0 Å². The van der Waals surface area contributed by atoms with E-state index >= 15 is 0 Å². The first-order chi connectivity index (χ1) is 5.47. The quantitative estimate of drug-likeness (QED) is 0.628. The first kappa shape index (κ1) is 10.0. The molecule has 1 rings (SSSR count). The van der Waals surface area contributed by atoms with E-state index in [2.05, 4.69) is 20.8 Å². The second-order valence-electron chi connectivity index (χ2n) is 4.85. The van der Waals surface area contributed by atoms with E-state index < -0.39 is 0 Å². The van der Waals surface area contributed by atoms with Crippen LogP contribution >= 0.6 is 0 Å². The van der Waals surface area contributed by atoms with Gasteiger partial charge in [0.05, 0.1) is 6.10 Å². The molecule has 1 fully saturated rings. The Balaban J connectivity index is 2.71. The molecule has 3 atom stereocenters. The van der Waals surface area contributed by atoms with Gasteiger partial charge in [0.15, 0.2) is 0 Å². The minimum Gasteiger partial charge on any atom is -0.396 e. The van der Waals surface area contributed by atoms with Crippen molar-refractivity contribution in [2.24, 2.45) is 17.3 Å². The van der Waals surface area contributed by atoms with Crippen molar-refractivity contribution in [3.8, 4) is 0 Å². The zero-order valence-electron chi connectivity index (χ0n) is 8.25. The monoisotopic (exact) mass is 172 g/mol. The fourth-order valence-corrected chi connectivity index (χ4v) is 2.63. The van der Waals surface area contributed by atoms with Crippen molar-refractivity contribution in [1.29, 1.82) is 0 Å². The summed E-state index contributed by atoms with van der Waals surface area (Å²) in [5.74, 6) is 0.787. The molecule has 0 aliphatic heterocycles. The van der Waals surface area contributed by atoms with Crippen LogP contribution < -0.4 is 0 Å². The molecule has 1 saturated carbocycles. The molecule has 0 spiro atoms. The van der Waals surface area contributed by atoms with Gasteiger partial charge in [-0.15, -0.1) is 0 Å². The minimum atomic E-state index is -0.169. The zero-order valence-corrected chi connectivity index (χ0v) is 8.25. The standard InChI is InChI=1S/C10H20O2/c1-7-4-8(12)5-10(2,3)9(7)6-11/h7-9,11-12H,4-6H2,1-3H3/t7-,8+,9-/m1/s1. The van der Waals surface area contributed by atoms with Gasteiger partial charge < -0.3 is 10.2 Å². The maximum atomic E-state index is 9.55. The maximum absolute atomic E-state index is 9.55. The van der Waals surface area contributed by atoms with Crippen LogP contribution in [0.25, 0.3) is 0 Å². The largest absolute Gasteiger partial charge is 0.396 e. The summed E-state index contributed by atoms with van der Waals surface area (Å²) >= 11 is 0. The summed E-state index contributed by atoms with van der Waals surface area (Å²) in [5, 5.41) is 18.7. The average molecular weight is 172 g/mol. The highest BCUT2D eigenvalue weighted by Crippen LogP contribution is 2.43. The smallest absolute Gasteiger partial charge is 0.0548 e. The molecule has 12 heavy (non-hydrogen) atoms. The summed E-state index contributed by atoms with van der Waals surface area (Å²) in [7, 11) is 0. The first-order valence-electron chi connectivity index (χ1n) is 4.76. The van der Waals surface area contributed by atoms with Gasteiger partial charge in [0.25, 0.3) is 0 Å². The number of hydrogen-bond acceptors (Lipinski definition) is 2. The highest BCUT2D eigenvalue weighted by atomic mass is 16.3. The highest BCUT2D eigenvalue weighted by Gasteiger charge is 2.39. The lowest BCUT2D eigenvalue weighted by atomic mass is 9.63. The third-order valence-corrected chi connectivity index (χ3v) is 3.29. The van der Waals surface area contributed by atoms with Gasteiger partial charge in [-0.25, -0.2) is 0 Å². The summed E-state index contributed by atoms with van der Waals surface area (Å²) in [6.07, 6.45) is 1.50. The molecule has 0 aromatic carbocycles. The summed E-state index contributed by atoms with van der Waals surface area (Å²) in [6, 6.07) is 0. The van der Waals surface area contributed by atoms with Crippen molar-refractivity contribution in [3.05, 3.63) is 0 Å². The summed E-state index contributed by atoms with van der Waals surface area (Å²) in [4.78, 5) is 0. The van der Waals surface area contributed by atoms with Crippen molar-refractivity contribution >= 4 is 0 Å². The minimum absolute atomic E-state index is 0.0891. The molecule has 0 bridgehead atoms. The maximum Gasteiger partial charge on any atom is 0.0548 e. The van der Waals surface area contributed by atoms with E-state index in [0.717, 1.165) is 12.8 Å². The second kappa shape index (κ2) is 3.35. The van der Waals surface area contributed by atoms with Gasteiger partial charge in [0.2, 0.25) is 0 Å². The first-order valence-corrected chi connectivity index (χ1v) is 4.76. The zero-order chi connectivity index (χ0) is 9.35. The number of aliphatic hydroxyl groups excluding tert-OH is 2. The van der Waals surface area contributed by atoms with Crippen molar-refractivity contribution in [3.63, 3.8) is 0 Å². The fraction of sp³-hybridized carbons (Fsp3) is 1.00. The molecule has 72 valence electrons. The topological polar surface area (TPSA) is 40.5 Å². The van der Waals surface area contributed by atoms with Crippen LogP contribution in [0.3, 0.4) is 0 Å². The van der Waals surface area contributed by atoms with Gasteiger partial charge in [-0.3, -0.25) is 0 Å². The molecule has 1 aliphatic rings. The molecule has 1 aliphatic carbocycles. The predicted molar refractivity (Wildman–Crippen MR) is 48.8 cm³/mol. The van der Waals surface area contributed by atoms with Crippen LogP contribution in [0.1, 0.15) is 33.6 Å². The molecule has 0 aromatic rings. The van der Waals surface area contributed by atoms with Crippen molar-refractivity contribution in [2.75, 3.05) is 6.61 Å². The molecule has 2 N–H and O–H groups in total. The van der Waals surface area contributed by atoms with E-state index in [1.807, 2.05) is 0 Å². The van der Waals surface area contributed by atoms with Crippen LogP contribution in [-0.4, -0.2) is 22.9 Å². The summed E-state index contributed by atoms with van der Waals surface area (Å²) in [5.41, 5.74) is 0.0891. The lowest BCUT2D eigenvalue weighted by Crippen LogP contribution is -2.41. The SMILES string of the molecule is C[C@@H]1C[C@H](O)CC(C)(C)[C@@H]1CO. The molecular formula is C10H20O2. The van der Waals surface area contributed by atoms with Gasteiger partial charge in [0, 0.05) is 6.61 Å². The number of rotatable bonds is 1. The van der Waals surface area contributed by atoms with Crippen LogP contribution in [0.15, 0.2) is 0 Å². The van der Waals surface area contributed by atoms with Gasteiger partial charge in [0.1, 0.15) is 0 Å². The normalized spacial score (nSPS) is 41.2. The Morgan fingerprint density at radius 1 is 1.42 bits per heavy atom. The molecular weight excluding hydrogens is 152 g/mol. The molecule has 0 amide bonds. The van der Waals surface area contributed by atoms with Crippen LogP contribution in [0.5, 0.6) is 0 Å². The van der Waals surface area contributed by atoms with E-state index in [1.165, 1.54) is 0 Å². The predicted octanol–water partition coefficient (Wildman–Crippen LogP) is 1.41. The third-order valence-electron chi connectivity index (χ3n) is 3.29. The third kappa shape index (κ3) is 1.80.